The first kappa shape index (κ1) is 16.3. The largest absolute Gasteiger partial charge is 0.481 e. The van der Waals surface area contributed by atoms with Gasteiger partial charge in [0.2, 0.25) is 5.91 Å². The maximum atomic E-state index is 12.2. The number of halogens is 1. The average Bonchev–Trinajstić information content (AvgIpc) is 2.88. The molecular formula is C15H20ClNO3S. The van der Waals surface area contributed by atoms with Crippen molar-refractivity contribution in [3.05, 3.63) is 21.3 Å². The standard InChI is InChI=1S/C15H20ClNO3S/c16-12-8-13(21-10-12)4-5-14(18)17-7-1-2-11(9-17)3-6-15(19)20/h8,10-11H,1-7,9H2,(H,19,20). The molecule has 0 aliphatic carbocycles. The van der Waals surface area contributed by atoms with Crippen molar-refractivity contribution in [1.29, 1.82) is 0 Å². The third-order valence-corrected chi connectivity index (χ3v) is 5.19. The van der Waals surface area contributed by atoms with Crippen molar-refractivity contribution in [3.63, 3.8) is 0 Å². The summed E-state index contributed by atoms with van der Waals surface area (Å²) >= 11 is 7.45. The zero-order valence-electron chi connectivity index (χ0n) is 11.9. The molecule has 1 N–H and O–H groups in total. The first-order valence-corrected chi connectivity index (χ1v) is 8.53. The van der Waals surface area contributed by atoms with Gasteiger partial charge in [0.15, 0.2) is 0 Å². The van der Waals surface area contributed by atoms with Crippen LogP contribution in [0.4, 0.5) is 0 Å². The Morgan fingerprint density at radius 1 is 1.43 bits per heavy atom. The van der Waals surface area contributed by atoms with Gasteiger partial charge in [0.25, 0.3) is 0 Å². The highest BCUT2D eigenvalue weighted by Crippen LogP contribution is 2.23. The van der Waals surface area contributed by atoms with Gasteiger partial charge in [0.05, 0.1) is 5.02 Å². The lowest BCUT2D eigenvalue weighted by Crippen LogP contribution is -2.40. The van der Waals surface area contributed by atoms with Crippen LogP contribution in [0.15, 0.2) is 11.4 Å². The Morgan fingerprint density at radius 3 is 2.90 bits per heavy atom. The minimum atomic E-state index is -0.756. The fourth-order valence-electron chi connectivity index (χ4n) is 2.73. The highest BCUT2D eigenvalue weighted by molar-refractivity contribution is 7.10. The second-order valence-electron chi connectivity index (χ2n) is 5.51. The number of carboxylic acid groups (broad SMARTS) is 1. The molecule has 1 atom stereocenters. The number of amides is 1. The second-order valence-corrected chi connectivity index (χ2v) is 6.94. The fourth-order valence-corrected chi connectivity index (χ4v) is 3.80. The van der Waals surface area contributed by atoms with Crippen LogP contribution < -0.4 is 0 Å². The van der Waals surface area contributed by atoms with E-state index in [-0.39, 0.29) is 12.3 Å². The number of thiophene rings is 1. The topological polar surface area (TPSA) is 57.6 Å². The van der Waals surface area contributed by atoms with E-state index in [1.54, 1.807) is 11.3 Å². The van der Waals surface area contributed by atoms with Gasteiger partial charge in [0, 0.05) is 36.2 Å². The predicted molar refractivity (Wildman–Crippen MR) is 83.8 cm³/mol. The molecular weight excluding hydrogens is 310 g/mol. The van der Waals surface area contributed by atoms with Crippen LogP contribution in [0.5, 0.6) is 0 Å². The maximum absolute atomic E-state index is 12.2. The number of carbonyl (C=O) groups excluding carboxylic acids is 1. The molecule has 1 aliphatic rings. The number of hydrogen-bond donors (Lipinski definition) is 1. The summed E-state index contributed by atoms with van der Waals surface area (Å²) in [4.78, 5) is 25.9. The van der Waals surface area contributed by atoms with Crippen molar-refractivity contribution in [1.82, 2.24) is 4.90 Å². The van der Waals surface area contributed by atoms with Crippen LogP contribution in [0.25, 0.3) is 0 Å². The van der Waals surface area contributed by atoms with Crippen molar-refractivity contribution in [2.24, 2.45) is 5.92 Å². The first-order valence-electron chi connectivity index (χ1n) is 7.27. The van der Waals surface area contributed by atoms with E-state index in [2.05, 4.69) is 0 Å². The molecule has 4 nitrogen and oxygen atoms in total. The average molecular weight is 330 g/mol. The number of carboxylic acids is 1. The maximum Gasteiger partial charge on any atom is 0.303 e. The van der Waals surface area contributed by atoms with Gasteiger partial charge < -0.3 is 10.0 Å². The van der Waals surface area contributed by atoms with Crippen LogP contribution in [0.1, 0.15) is 37.0 Å². The Kier molecular flexibility index (Phi) is 6.06. The molecule has 1 unspecified atom stereocenters. The molecule has 1 amide bonds. The molecule has 0 aromatic carbocycles. The minimum Gasteiger partial charge on any atom is -0.481 e. The molecule has 1 aliphatic heterocycles. The van der Waals surface area contributed by atoms with Crippen molar-refractivity contribution in [2.75, 3.05) is 13.1 Å². The molecule has 0 spiro atoms. The zero-order valence-corrected chi connectivity index (χ0v) is 13.5. The summed E-state index contributed by atoms with van der Waals surface area (Å²) in [6, 6.07) is 1.91. The van der Waals surface area contributed by atoms with Gasteiger partial charge in [-0.05, 0) is 37.7 Å². The van der Waals surface area contributed by atoms with Crippen LogP contribution >= 0.6 is 22.9 Å². The Balaban J connectivity index is 1.77. The lowest BCUT2D eigenvalue weighted by molar-refractivity contribution is -0.137. The molecule has 1 aromatic heterocycles. The number of nitrogens with zero attached hydrogens (tertiary/aromatic N) is 1. The van der Waals surface area contributed by atoms with E-state index >= 15 is 0 Å². The highest BCUT2D eigenvalue weighted by atomic mass is 35.5. The van der Waals surface area contributed by atoms with E-state index in [1.165, 1.54) is 0 Å². The Hall–Kier alpha value is -1.07. The second kappa shape index (κ2) is 7.80. The normalized spacial score (nSPS) is 18.7. The smallest absolute Gasteiger partial charge is 0.303 e. The van der Waals surface area contributed by atoms with Crippen molar-refractivity contribution in [2.45, 2.75) is 38.5 Å². The van der Waals surface area contributed by atoms with Gasteiger partial charge in [0.1, 0.15) is 0 Å². The number of aliphatic carboxylic acids is 1. The van der Waals surface area contributed by atoms with Crippen LogP contribution in [-0.2, 0) is 16.0 Å². The molecule has 1 saturated heterocycles. The third-order valence-electron chi connectivity index (χ3n) is 3.85. The van der Waals surface area contributed by atoms with E-state index in [1.807, 2.05) is 16.3 Å². The van der Waals surface area contributed by atoms with Gasteiger partial charge in [-0.15, -0.1) is 11.3 Å². The lowest BCUT2D eigenvalue weighted by atomic mass is 9.93. The Labute approximate surface area is 133 Å². The summed E-state index contributed by atoms with van der Waals surface area (Å²) < 4.78 is 0. The molecule has 6 heteroatoms. The fraction of sp³-hybridized carbons (Fsp3) is 0.600. The Morgan fingerprint density at radius 2 is 2.24 bits per heavy atom. The van der Waals surface area contributed by atoms with Crippen LogP contribution in [0.3, 0.4) is 0 Å². The number of carbonyl (C=O) groups is 2. The van der Waals surface area contributed by atoms with Crippen molar-refractivity contribution < 1.29 is 14.7 Å². The number of piperidine rings is 1. The van der Waals surface area contributed by atoms with Gasteiger partial charge in [-0.3, -0.25) is 9.59 Å². The van der Waals surface area contributed by atoms with Crippen molar-refractivity contribution >= 4 is 34.8 Å². The summed E-state index contributed by atoms with van der Waals surface area (Å²) in [6.07, 6.45) is 4.09. The van der Waals surface area contributed by atoms with E-state index in [0.29, 0.717) is 25.3 Å². The van der Waals surface area contributed by atoms with Gasteiger partial charge in [-0.25, -0.2) is 0 Å². The highest BCUT2D eigenvalue weighted by Gasteiger charge is 2.23. The molecule has 2 rings (SSSR count). The molecule has 2 heterocycles. The summed E-state index contributed by atoms with van der Waals surface area (Å²) in [5.41, 5.74) is 0. The first-order chi connectivity index (χ1) is 10.0. The van der Waals surface area contributed by atoms with Crippen LogP contribution in [0, 0.1) is 5.92 Å². The SMILES string of the molecule is O=C(O)CCC1CCCN(C(=O)CCc2cc(Cl)cs2)C1. The van der Waals surface area contributed by atoms with Gasteiger partial charge >= 0.3 is 5.97 Å². The lowest BCUT2D eigenvalue weighted by Gasteiger charge is -2.32. The Bertz CT molecular complexity index is 503. The van der Waals surface area contributed by atoms with E-state index in [9.17, 15) is 9.59 Å². The van der Waals surface area contributed by atoms with E-state index < -0.39 is 5.97 Å². The molecule has 21 heavy (non-hydrogen) atoms. The number of likely N-dealkylation sites (tertiary alicyclic amines) is 1. The molecule has 0 bridgehead atoms. The summed E-state index contributed by atoms with van der Waals surface area (Å²) in [7, 11) is 0. The van der Waals surface area contributed by atoms with E-state index in [0.717, 1.165) is 35.7 Å². The summed E-state index contributed by atoms with van der Waals surface area (Å²) in [5.74, 6) is -0.262. The van der Waals surface area contributed by atoms with Crippen molar-refractivity contribution in [3.8, 4) is 0 Å². The van der Waals surface area contributed by atoms with Crippen LogP contribution in [0.2, 0.25) is 5.02 Å². The van der Waals surface area contributed by atoms with Gasteiger partial charge in [-0.2, -0.15) is 0 Å². The monoisotopic (exact) mass is 329 g/mol. The molecule has 0 saturated carbocycles. The van der Waals surface area contributed by atoms with Gasteiger partial charge in [-0.1, -0.05) is 11.6 Å². The number of hydrogen-bond acceptors (Lipinski definition) is 3. The minimum absolute atomic E-state index is 0.166. The summed E-state index contributed by atoms with van der Waals surface area (Å²) in [6.45, 7) is 1.50. The predicted octanol–water partition coefficient (Wildman–Crippen LogP) is 3.44. The molecule has 116 valence electrons. The molecule has 1 aromatic rings. The number of aryl methyl sites for hydroxylation is 1. The van der Waals surface area contributed by atoms with E-state index in [4.69, 9.17) is 16.7 Å². The third kappa shape index (κ3) is 5.32. The van der Waals surface area contributed by atoms with Crippen LogP contribution in [-0.4, -0.2) is 35.0 Å². The quantitative estimate of drug-likeness (QED) is 0.869. The summed E-state index contributed by atoms with van der Waals surface area (Å²) in [5, 5.41) is 11.4. The zero-order chi connectivity index (χ0) is 15.2. The molecule has 1 fully saturated rings. The molecule has 0 radical (unpaired) electrons. The number of rotatable bonds is 6.